The van der Waals surface area contributed by atoms with Gasteiger partial charge in [0.15, 0.2) is 6.20 Å². The number of rotatable bonds is 0. The Morgan fingerprint density at radius 3 is 2.39 bits per heavy atom. The highest BCUT2D eigenvalue weighted by molar-refractivity contribution is 6.26. The van der Waals surface area contributed by atoms with Gasteiger partial charge in [-0.15, -0.1) is 0 Å². The lowest BCUT2D eigenvalue weighted by atomic mass is 9.92. The molecule has 0 fully saturated rings. The Morgan fingerprint density at radius 2 is 1.57 bits per heavy atom. The summed E-state index contributed by atoms with van der Waals surface area (Å²) in [5.74, 6) is -0.197. The third kappa shape index (κ3) is 1.66. The lowest BCUT2D eigenvalue weighted by Crippen LogP contribution is -2.29. The number of hydrogen-bond acceptors (Lipinski definition) is 0. The first-order chi connectivity index (χ1) is 13.5. The molecule has 3 heteroatoms. The average molecular weight is 367 g/mol. The molecule has 6 aromatic rings. The van der Waals surface area contributed by atoms with Crippen molar-refractivity contribution in [2.45, 2.75) is 20.8 Å². The van der Waals surface area contributed by atoms with Crippen molar-refractivity contribution in [3.05, 3.63) is 71.2 Å². The summed E-state index contributed by atoms with van der Waals surface area (Å²) >= 11 is 0. The van der Waals surface area contributed by atoms with Gasteiger partial charge in [0.05, 0.1) is 27.3 Å². The maximum atomic E-state index is 14.6. The number of fused-ring (bicyclic) bond motifs is 5. The van der Waals surface area contributed by atoms with Crippen LogP contribution in [0.5, 0.6) is 0 Å². The Hall–Kier alpha value is -3.20. The van der Waals surface area contributed by atoms with E-state index in [0.29, 0.717) is 0 Å². The van der Waals surface area contributed by atoms with Crippen LogP contribution in [-0.2, 0) is 7.05 Å². The van der Waals surface area contributed by atoms with Crippen molar-refractivity contribution < 1.29 is 8.96 Å². The first kappa shape index (κ1) is 15.8. The highest BCUT2D eigenvalue weighted by atomic mass is 19.1. The second kappa shape index (κ2) is 4.99. The minimum atomic E-state index is -0.197. The number of hydrogen-bond donors (Lipinski definition) is 0. The lowest BCUT2D eigenvalue weighted by molar-refractivity contribution is -0.643. The Morgan fingerprint density at radius 1 is 0.821 bits per heavy atom. The number of pyridine rings is 2. The van der Waals surface area contributed by atoms with Crippen molar-refractivity contribution in [1.29, 1.82) is 0 Å². The summed E-state index contributed by atoms with van der Waals surface area (Å²) in [5.41, 5.74) is 8.37. The number of halogens is 1. The fourth-order valence-electron chi connectivity index (χ4n) is 5.15. The Labute approximate surface area is 161 Å². The largest absolute Gasteiger partial charge is 0.307 e. The van der Waals surface area contributed by atoms with Crippen LogP contribution < -0.4 is 4.57 Å². The summed E-state index contributed by atoms with van der Waals surface area (Å²) in [6.07, 6.45) is 2.04. The molecular weight excluding hydrogens is 347 g/mol. The van der Waals surface area contributed by atoms with E-state index in [1.165, 1.54) is 43.9 Å². The molecule has 0 amide bonds. The van der Waals surface area contributed by atoms with E-state index < -0.39 is 0 Å². The van der Waals surface area contributed by atoms with Gasteiger partial charge in [-0.25, -0.2) is 8.96 Å². The molecule has 2 nitrogen and oxygen atoms in total. The van der Waals surface area contributed by atoms with E-state index in [2.05, 4.69) is 61.1 Å². The molecule has 0 unspecified atom stereocenters. The van der Waals surface area contributed by atoms with Crippen LogP contribution in [0.25, 0.3) is 49.0 Å². The minimum Gasteiger partial charge on any atom is -0.307 e. The molecule has 0 saturated carbocycles. The van der Waals surface area contributed by atoms with Crippen LogP contribution >= 0.6 is 0 Å². The van der Waals surface area contributed by atoms with Crippen LogP contribution in [0.3, 0.4) is 0 Å². The van der Waals surface area contributed by atoms with E-state index in [1.807, 2.05) is 12.3 Å². The fourth-order valence-corrected chi connectivity index (χ4v) is 5.15. The molecule has 3 aromatic carbocycles. The summed E-state index contributed by atoms with van der Waals surface area (Å²) < 4.78 is 19.1. The predicted octanol–water partition coefficient (Wildman–Crippen LogP) is 5.88. The predicted molar refractivity (Wildman–Crippen MR) is 114 cm³/mol. The van der Waals surface area contributed by atoms with Gasteiger partial charge in [0.25, 0.3) is 0 Å². The van der Waals surface area contributed by atoms with Gasteiger partial charge in [-0.05, 0) is 61.0 Å². The van der Waals surface area contributed by atoms with Gasteiger partial charge >= 0.3 is 0 Å². The van der Waals surface area contributed by atoms with Crippen molar-refractivity contribution in [2.24, 2.45) is 7.05 Å². The number of benzene rings is 3. The topological polar surface area (TPSA) is 8.29 Å². The normalized spacial score (nSPS) is 12.5. The summed E-state index contributed by atoms with van der Waals surface area (Å²) in [7, 11) is 2.08. The first-order valence-electron chi connectivity index (χ1n) is 9.64. The molecule has 0 saturated heterocycles. The molecule has 0 aliphatic carbocycles. The SMILES string of the molecule is Cc1c(C)c2c3ccccc3n3c4cc(F)cc5cc[n+](C)c(c(c1C)c23)c54. The molecule has 28 heavy (non-hydrogen) atoms. The van der Waals surface area contributed by atoms with Crippen molar-refractivity contribution in [2.75, 3.05) is 0 Å². The second-order valence-corrected chi connectivity index (χ2v) is 7.99. The third-order valence-corrected chi connectivity index (χ3v) is 6.64. The van der Waals surface area contributed by atoms with Crippen LogP contribution in [-0.4, -0.2) is 4.40 Å². The maximum absolute atomic E-state index is 14.6. The number of aromatic nitrogens is 2. The highest BCUT2D eigenvalue weighted by Gasteiger charge is 2.26. The second-order valence-electron chi connectivity index (χ2n) is 7.99. The zero-order chi connectivity index (χ0) is 19.3. The molecule has 3 heterocycles. The van der Waals surface area contributed by atoms with Gasteiger partial charge in [-0.3, -0.25) is 0 Å². The van der Waals surface area contributed by atoms with Crippen LogP contribution in [0.4, 0.5) is 4.39 Å². The summed E-state index contributed by atoms with van der Waals surface area (Å²) in [4.78, 5) is 0. The number of para-hydroxylation sites is 1. The molecule has 136 valence electrons. The molecule has 0 bridgehead atoms. The van der Waals surface area contributed by atoms with Gasteiger partial charge in [-0.2, -0.15) is 0 Å². The van der Waals surface area contributed by atoms with Crippen LogP contribution in [0.2, 0.25) is 0 Å². The number of nitrogens with zero attached hydrogens (tertiary/aromatic N) is 2. The number of aryl methyl sites for hydroxylation is 3. The molecule has 0 aliphatic rings. The zero-order valence-corrected chi connectivity index (χ0v) is 16.4. The van der Waals surface area contributed by atoms with Gasteiger partial charge < -0.3 is 4.40 Å². The summed E-state index contributed by atoms with van der Waals surface area (Å²) in [5, 5.41) is 5.83. The first-order valence-corrected chi connectivity index (χ1v) is 9.64. The Balaban J connectivity index is 2.19. The van der Waals surface area contributed by atoms with E-state index >= 15 is 0 Å². The summed E-state index contributed by atoms with van der Waals surface area (Å²) in [6.45, 7) is 6.64. The fraction of sp³-hybridized carbons (Fsp3) is 0.160. The van der Waals surface area contributed by atoms with E-state index in [9.17, 15) is 4.39 Å². The molecule has 0 aliphatic heterocycles. The van der Waals surface area contributed by atoms with Crippen LogP contribution in [0.1, 0.15) is 16.7 Å². The third-order valence-electron chi connectivity index (χ3n) is 6.64. The van der Waals surface area contributed by atoms with E-state index in [0.717, 1.165) is 21.8 Å². The zero-order valence-electron chi connectivity index (χ0n) is 16.4. The van der Waals surface area contributed by atoms with Gasteiger partial charge in [0.1, 0.15) is 12.9 Å². The maximum Gasteiger partial charge on any atom is 0.224 e. The molecular formula is C25H20FN2+. The Bertz CT molecular complexity index is 1600. The van der Waals surface area contributed by atoms with Crippen molar-refractivity contribution in [3.8, 4) is 0 Å². The Kier molecular flexibility index (Phi) is 2.82. The van der Waals surface area contributed by atoms with E-state index in [4.69, 9.17) is 0 Å². The molecule has 6 rings (SSSR count). The van der Waals surface area contributed by atoms with E-state index in [1.54, 1.807) is 12.1 Å². The quantitative estimate of drug-likeness (QED) is 0.180. The minimum absolute atomic E-state index is 0.197. The van der Waals surface area contributed by atoms with Gasteiger partial charge in [-0.1, -0.05) is 18.2 Å². The molecule has 0 atom stereocenters. The molecule has 0 spiro atoms. The van der Waals surface area contributed by atoms with Crippen molar-refractivity contribution in [1.82, 2.24) is 4.40 Å². The highest BCUT2D eigenvalue weighted by Crippen LogP contribution is 2.43. The monoisotopic (exact) mass is 367 g/mol. The van der Waals surface area contributed by atoms with Crippen LogP contribution in [0.15, 0.2) is 48.7 Å². The average Bonchev–Trinajstić information content (AvgIpc) is 3.03. The molecule has 0 radical (unpaired) electrons. The smallest absolute Gasteiger partial charge is 0.224 e. The molecule has 0 N–H and O–H groups in total. The standard InChI is InChI=1S/C25H20FN2/c1-13-14(2)21-18-7-5-6-8-19(18)28-20-12-17(26)11-16-9-10-27(4)24(23(16)20)22(15(13)3)25(21)28/h5-12H,1-4H3/q+1. The van der Waals surface area contributed by atoms with Crippen molar-refractivity contribution >= 4 is 49.0 Å². The lowest BCUT2D eigenvalue weighted by Gasteiger charge is -2.15. The van der Waals surface area contributed by atoms with Crippen LogP contribution in [0, 0.1) is 26.6 Å². The van der Waals surface area contributed by atoms with Crippen molar-refractivity contribution in [3.63, 3.8) is 0 Å². The van der Waals surface area contributed by atoms with E-state index in [-0.39, 0.29) is 5.82 Å². The summed E-state index contributed by atoms with van der Waals surface area (Å²) in [6, 6.07) is 13.8. The molecule has 3 aromatic heterocycles. The van der Waals surface area contributed by atoms with Gasteiger partial charge in [0, 0.05) is 16.8 Å². The van der Waals surface area contributed by atoms with Gasteiger partial charge in [0.2, 0.25) is 5.52 Å².